The molecular formula is C6H9N3OS. The van der Waals surface area contributed by atoms with E-state index in [0.717, 1.165) is 4.90 Å². The summed E-state index contributed by atoms with van der Waals surface area (Å²) in [4.78, 5) is 11.3. The van der Waals surface area contributed by atoms with Crippen LogP contribution in [0, 0.1) is 0 Å². The minimum atomic E-state index is -0.307. The molecule has 0 aromatic carbocycles. The summed E-state index contributed by atoms with van der Waals surface area (Å²) in [5.74, 6) is 0.00459. The van der Waals surface area contributed by atoms with Gasteiger partial charge in [-0.15, -0.1) is 11.8 Å². The number of nitrogens with two attached hydrogens (primary N) is 1. The van der Waals surface area contributed by atoms with Crippen LogP contribution in [0.5, 0.6) is 0 Å². The van der Waals surface area contributed by atoms with Gasteiger partial charge in [0.05, 0.1) is 11.9 Å². The lowest BCUT2D eigenvalue weighted by Crippen LogP contribution is -2.12. The van der Waals surface area contributed by atoms with E-state index in [9.17, 15) is 4.79 Å². The molecular weight excluding hydrogens is 162 g/mol. The Morgan fingerprint density at radius 3 is 3.09 bits per heavy atom. The van der Waals surface area contributed by atoms with E-state index in [-0.39, 0.29) is 5.91 Å². The monoisotopic (exact) mass is 171 g/mol. The topological polar surface area (TPSA) is 60.9 Å². The molecule has 5 heteroatoms. The molecule has 0 aliphatic carbocycles. The molecule has 2 N–H and O–H groups in total. The van der Waals surface area contributed by atoms with Crippen molar-refractivity contribution in [1.29, 1.82) is 0 Å². The van der Waals surface area contributed by atoms with Crippen LogP contribution >= 0.6 is 11.8 Å². The van der Waals surface area contributed by atoms with Gasteiger partial charge in [0, 0.05) is 18.1 Å². The van der Waals surface area contributed by atoms with Crippen LogP contribution in [0.25, 0.3) is 0 Å². The maximum atomic E-state index is 10.4. The lowest BCUT2D eigenvalue weighted by atomic mass is 10.7. The SMILES string of the molecule is Cn1cc(SCC(N)=O)cn1. The Kier molecular flexibility index (Phi) is 2.53. The van der Waals surface area contributed by atoms with Crippen LogP contribution in [0.4, 0.5) is 0 Å². The number of hydrogen-bond donors (Lipinski definition) is 1. The normalized spacial score (nSPS) is 9.91. The quantitative estimate of drug-likeness (QED) is 0.651. The minimum absolute atomic E-state index is 0.307. The molecule has 0 bridgehead atoms. The highest BCUT2D eigenvalue weighted by molar-refractivity contribution is 8.00. The zero-order valence-corrected chi connectivity index (χ0v) is 6.97. The van der Waals surface area contributed by atoms with Gasteiger partial charge in [0.2, 0.25) is 5.91 Å². The van der Waals surface area contributed by atoms with E-state index in [2.05, 4.69) is 5.10 Å². The number of aryl methyl sites for hydroxylation is 1. The van der Waals surface area contributed by atoms with Gasteiger partial charge in [-0.05, 0) is 0 Å². The van der Waals surface area contributed by atoms with Gasteiger partial charge in [-0.1, -0.05) is 0 Å². The summed E-state index contributed by atoms with van der Waals surface area (Å²) in [5, 5.41) is 3.94. The second-order valence-electron chi connectivity index (χ2n) is 2.10. The van der Waals surface area contributed by atoms with Crippen LogP contribution in [-0.2, 0) is 11.8 Å². The number of hydrogen-bond acceptors (Lipinski definition) is 3. The van der Waals surface area contributed by atoms with E-state index in [1.54, 1.807) is 10.9 Å². The lowest BCUT2D eigenvalue weighted by Gasteiger charge is -1.90. The summed E-state index contributed by atoms with van der Waals surface area (Å²) in [6.07, 6.45) is 3.54. The first-order valence-corrected chi connectivity index (χ1v) is 4.07. The van der Waals surface area contributed by atoms with Crippen LogP contribution in [-0.4, -0.2) is 21.4 Å². The highest BCUT2D eigenvalue weighted by atomic mass is 32.2. The Balaban J connectivity index is 2.45. The first kappa shape index (κ1) is 8.13. The maximum absolute atomic E-state index is 10.4. The van der Waals surface area contributed by atoms with Crippen molar-refractivity contribution in [3.8, 4) is 0 Å². The summed E-state index contributed by atoms with van der Waals surface area (Å²) in [6.45, 7) is 0. The maximum Gasteiger partial charge on any atom is 0.227 e. The van der Waals surface area contributed by atoms with Crippen molar-refractivity contribution in [2.45, 2.75) is 4.90 Å². The third kappa shape index (κ3) is 2.63. The number of thioether (sulfide) groups is 1. The molecule has 0 aliphatic rings. The van der Waals surface area contributed by atoms with Crippen LogP contribution in [0.2, 0.25) is 0 Å². The van der Waals surface area contributed by atoms with Crippen molar-refractivity contribution in [3.63, 3.8) is 0 Å². The molecule has 11 heavy (non-hydrogen) atoms. The number of carbonyl (C=O) groups excluding carboxylic acids is 1. The number of nitrogens with zero attached hydrogens (tertiary/aromatic N) is 2. The van der Waals surface area contributed by atoms with Crippen molar-refractivity contribution in [2.24, 2.45) is 12.8 Å². The van der Waals surface area contributed by atoms with Gasteiger partial charge >= 0.3 is 0 Å². The molecule has 0 atom stereocenters. The van der Waals surface area contributed by atoms with E-state index in [1.807, 2.05) is 13.2 Å². The van der Waals surface area contributed by atoms with Crippen LogP contribution < -0.4 is 5.73 Å². The molecule has 60 valence electrons. The van der Waals surface area contributed by atoms with Gasteiger partial charge < -0.3 is 5.73 Å². The fourth-order valence-electron chi connectivity index (χ4n) is 0.628. The standard InChI is InChI=1S/C6H9N3OS/c1-9-3-5(2-8-9)11-4-6(7)10/h2-3H,4H2,1H3,(H2,7,10). The van der Waals surface area contributed by atoms with E-state index in [4.69, 9.17) is 5.73 Å². The molecule has 0 radical (unpaired) electrons. The average Bonchev–Trinajstić information content (AvgIpc) is 2.31. The number of rotatable bonds is 3. The Bertz CT molecular complexity index is 258. The third-order valence-corrected chi connectivity index (χ3v) is 2.04. The molecule has 1 aromatic rings. The van der Waals surface area contributed by atoms with E-state index in [0.29, 0.717) is 5.75 Å². The Hall–Kier alpha value is -0.970. The van der Waals surface area contributed by atoms with Crippen LogP contribution in [0.15, 0.2) is 17.3 Å². The highest BCUT2D eigenvalue weighted by Crippen LogP contribution is 2.14. The second kappa shape index (κ2) is 3.43. The fraction of sp³-hybridized carbons (Fsp3) is 0.333. The molecule has 0 fully saturated rings. The Morgan fingerprint density at radius 2 is 2.64 bits per heavy atom. The van der Waals surface area contributed by atoms with Gasteiger partial charge in [-0.25, -0.2) is 0 Å². The number of amides is 1. The molecule has 1 aromatic heterocycles. The summed E-state index contributed by atoms with van der Waals surface area (Å²) >= 11 is 1.39. The first-order valence-electron chi connectivity index (χ1n) is 3.08. The smallest absolute Gasteiger partial charge is 0.227 e. The molecule has 0 spiro atoms. The van der Waals surface area contributed by atoms with Crippen molar-refractivity contribution in [2.75, 3.05) is 5.75 Å². The van der Waals surface area contributed by atoms with Crippen LogP contribution in [0.3, 0.4) is 0 Å². The van der Waals surface area contributed by atoms with Crippen molar-refractivity contribution in [1.82, 2.24) is 9.78 Å². The largest absolute Gasteiger partial charge is 0.369 e. The van der Waals surface area contributed by atoms with Crippen molar-refractivity contribution < 1.29 is 4.79 Å². The number of carbonyl (C=O) groups is 1. The molecule has 0 aliphatic heterocycles. The van der Waals surface area contributed by atoms with E-state index >= 15 is 0 Å². The van der Waals surface area contributed by atoms with Gasteiger partial charge in [0.25, 0.3) is 0 Å². The molecule has 1 amide bonds. The van der Waals surface area contributed by atoms with Gasteiger partial charge in [-0.3, -0.25) is 9.48 Å². The minimum Gasteiger partial charge on any atom is -0.369 e. The van der Waals surface area contributed by atoms with Gasteiger partial charge in [0.1, 0.15) is 0 Å². The van der Waals surface area contributed by atoms with Crippen molar-refractivity contribution >= 4 is 17.7 Å². The molecule has 0 saturated carbocycles. The second-order valence-corrected chi connectivity index (χ2v) is 3.15. The zero-order chi connectivity index (χ0) is 8.27. The predicted molar refractivity (Wildman–Crippen MR) is 43.1 cm³/mol. The summed E-state index contributed by atoms with van der Waals surface area (Å²) in [5.41, 5.74) is 4.96. The fourth-order valence-corrected chi connectivity index (χ4v) is 1.29. The summed E-state index contributed by atoms with van der Waals surface area (Å²) < 4.78 is 1.68. The third-order valence-electron chi connectivity index (χ3n) is 1.06. The lowest BCUT2D eigenvalue weighted by molar-refractivity contribution is -0.115. The summed E-state index contributed by atoms with van der Waals surface area (Å²) in [7, 11) is 1.83. The van der Waals surface area contributed by atoms with Gasteiger partial charge in [0.15, 0.2) is 0 Å². The van der Waals surface area contributed by atoms with Crippen molar-refractivity contribution in [3.05, 3.63) is 12.4 Å². The Labute approximate surface area is 68.8 Å². The Morgan fingerprint density at radius 1 is 1.91 bits per heavy atom. The van der Waals surface area contributed by atoms with E-state index < -0.39 is 0 Å². The van der Waals surface area contributed by atoms with Gasteiger partial charge in [-0.2, -0.15) is 5.10 Å². The average molecular weight is 171 g/mol. The number of aromatic nitrogens is 2. The van der Waals surface area contributed by atoms with Crippen LogP contribution in [0.1, 0.15) is 0 Å². The number of primary amides is 1. The zero-order valence-electron chi connectivity index (χ0n) is 6.15. The molecule has 1 heterocycles. The van der Waals surface area contributed by atoms with E-state index in [1.165, 1.54) is 11.8 Å². The highest BCUT2D eigenvalue weighted by Gasteiger charge is 1.98. The summed E-state index contributed by atoms with van der Waals surface area (Å²) in [6, 6.07) is 0. The predicted octanol–water partition coefficient (Wildman–Crippen LogP) is -0.00250. The molecule has 1 rings (SSSR count). The first-order chi connectivity index (χ1) is 5.18. The molecule has 0 unspecified atom stereocenters. The molecule has 4 nitrogen and oxygen atoms in total. The molecule has 0 saturated heterocycles.